The third-order valence-electron chi connectivity index (χ3n) is 2.42. The first-order chi connectivity index (χ1) is 7.80. The average molecular weight is 247 g/mol. The Morgan fingerprint density at radius 3 is 2.53 bits per heavy atom. The quantitative estimate of drug-likeness (QED) is 0.409. The van der Waals surface area contributed by atoms with Gasteiger partial charge in [0, 0.05) is 13.3 Å². The van der Waals surface area contributed by atoms with Crippen molar-refractivity contribution in [1.82, 2.24) is 5.32 Å². The van der Waals surface area contributed by atoms with Crippen molar-refractivity contribution in [3.63, 3.8) is 0 Å². The average Bonchev–Trinajstić information content (AvgIpc) is 2.21. The number of ether oxygens (including phenoxy) is 1. The van der Waals surface area contributed by atoms with E-state index in [1.54, 1.807) is 0 Å². The van der Waals surface area contributed by atoms with E-state index in [9.17, 15) is 24.6 Å². The summed E-state index contributed by atoms with van der Waals surface area (Å²) >= 11 is 0. The van der Waals surface area contributed by atoms with Gasteiger partial charge in [-0.15, -0.1) is 0 Å². The second-order valence-electron chi connectivity index (χ2n) is 3.81. The van der Waals surface area contributed by atoms with Gasteiger partial charge in [-0.2, -0.15) is 0 Å². The number of amides is 1. The fraction of sp³-hybridized carbons (Fsp3) is 0.667. The van der Waals surface area contributed by atoms with Crippen LogP contribution in [0.5, 0.6) is 0 Å². The number of carboxylic acids is 1. The third-order valence-corrected chi connectivity index (χ3v) is 2.42. The molecule has 0 aliphatic carbocycles. The molecule has 17 heavy (non-hydrogen) atoms. The molecule has 0 aromatic carbocycles. The maximum absolute atomic E-state index is 10.8. The molecule has 1 amide bonds. The van der Waals surface area contributed by atoms with Crippen LogP contribution in [0.3, 0.4) is 0 Å². The number of aliphatic hydroxyl groups excluding tert-OH is 1. The highest BCUT2D eigenvalue weighted by molar-refractivity contribution is 5.77. The van der Waals surface area contributed by atoms with Gasteiger partial charge in [0.05, 0.1) is 12.1 Å². The predicted molar refractivity (Wildman–Crippen MR) is 51.8 cm³/mol. The first-order valence-electron chi connectivity index (χ1n) is 4.84. The number of aldehydes is 1. The zero-order valence-corrected chi connectivity index (χ0v) is 8.99. The second-order valence-corrected chi connectivity index (χ2v) is 3.81. The predicted octanol–water partition coefficient (Wildman–Crippen LogP) is -2.39. The Morgan fingerprint density at radius 1 is 1.53 bits per heavy atom. The summed E-state index contributed by atoms with van der Waals surface area (Å²) in [7, 11) is 0. The van der Waals surface area contributed by atoms with Crippen molar-refractivity contribution < 1.29 is 34.4 Å². The molecule has 1 fully saturated rings. The molecule has 1 aliphatic heterocycles. The first kappa shape index (κ1) is 13.6. The van der Waals surface area contributed by atoms with Crippen LogP contribution in [-0.2, 0) is 19.1 Å². The van der Waals surface area contributed by atoms with Gasteiger partial charge in [0.2, 0.25) is 5.91 Å². The monoisotopic (exact) mass is 247 g/mol. The molecule has 0 saturated carbocycles. The minimum Gasteiger partial charge on any atom is -0.477 e. The molecule has 1 rings (SSSR count). The van der Waals surface area contributed by atoms with Gasteiger partial charge in [-0.05, 0) is 0 Å². The van der Waals surface area contributed by atoms with E-state index < -0.39 is 42.3 Å². The van der Waals surface area contributed by atoms with Crippen LogP contribution in [0.2, 0.25) is 0 Å². The van der Waals surface area contributed by atoms with Crippen LogP contribution in [0, 0.1) is 0 Å². The number of rotatable bonds is 3. The summed E-state index contributed by atoms with van der Waals surface area (Å²) in [5, 5.41) is 30.1. The molecular weight excluding hydrogens is 234 g/mol. The van der Waals surface area contributed by atoms with Crippen molar-refractivity contribution in [2.45, 2.75) is 37.4 Å². The summed E-state index contributed by atoms with van der Waals surface area (Å²) in [6.45, 7) is 1.17. The number of aliphatic hydroxyl groups is 2. The smallest absolute Gasteiger partial charge is 0.364 e. The van der Waals surface area contributed by atoms with Crippen LogP contribution >= 0.6 is 0 Å². The van der Waals surface area contributed by atoms with Crippen molar-refractivity contribution in [1.29, 1.82) is 0 Å². The van der Waals surface area contributed by atoms with E-state index in [2.05, 4.69) is 10.1 Å². The molecule has 4 N–H and O–H groups in total. The van der Waals surface area contributed by atoms with Gasteiger partial charge >= 0.3 is 5.97 Å². The van der Waals surface area contributed by atoms with E-state index in [1.807, 2.05) is 0 Å². The molecule has 0 aromatic rings. The normalized spacial score (nSPS) is 37.2. The van der Waals surface area contributed by atoms with Crippen LogP contribution in [0.25, 0.3) is 0 Å². The molecule has 1 saturated heterocycles. The Bertz CT molecular complexity index is 344. The summed E-state index contributed by atoms with van der Waals surface area (Å²) in [5.41, 5.74) is 0. The van der Waals surface area contributed by atoms with Crippen LogP contribution in [0.4, 0.5) is 0 Å². The van der Waals surface area contributed by atoms with Gasteiger partial charge < -0.3 is 30.2 Å². The van der Waals surface area contributed by atoms with Gasteiger partial charge in [0.15, 0.2) is 6.29 Å². The van der Waals surface area contributed by atoms with Crippen molar-refractivity contribution in [2.24, 2.45) is 0 Å². The molecule has 4 unspecified atom stereocenters. The van der Waals surface area contributed by atoms with Crippen molar-refractivity contribution >= 4 is 18.2 Å². The number of carbonyl (C=O) groups is 3. The number of hydrogen-bond donors (Lipinski definition) is 4. The summed E-state index contributed by atoms with van der Waals surface area (Å²) < 4.78 is 4.68. The van der Waals surface area contributed by atoms with E-state index in [-0.39, 0.29) is 6.29 Å². The summed E-state index contributed by atoms with van der Waals surface area (Å²) in [6.07, 6.45) is -3.25. The molecule has 4 atom stereocenters. The number of aliphatic carboxylic acids is 1. The standard InChI is InChI=1S/C9H13NO7/c1-4(12)10-7-5(13)2-9(16,8(14)15)17-6(7)3-11/h3,5-7,13,16H,2H2,1H3,(H,10,12)(H,14,15). The van der Waals surface area contributed by atoms with E-state index >= 15 is 0 Å². The molecule has 1 aliphatic rings. The molecule has 8 nitrogen and oxygen atoms in total. The largest absolute Gasteiger partial charge is 0.477 e. The molecular formula is C9H13NO7. The van der Waals surface area contributed by atoms with Crippen molar-refractivity contribution in [3.8, 4) is 0 Å². The highest BCUT2D eigenvalue weighted by Crippen LogP contribution is 2.27. The third kappa shape index (κ3) is 2.78. The lowest BCUT2D eigenvalue weighted by molar-refractivity contribution is -0.269. The lowest BCUT2D eigenvalue weighted by atomic mass is 9.93. The fourth-order valence-electron chi connectivity index (χ4n) is 1.64. The van der Waals surface area contributed by atoms with Crippen LogP contribution in [-0.4, -0.2) is 57.5 Å². The SMILES string of the molecule is CC(=O)NC1C(O)CC(O)(C(=O)O)OC1C=O. The number of carboxylic acid groups (broad SMARTS) is 1. The Morgan fingerprint density at radius 2 is 2.12 bits per heavy atom. The zero-order valence-electron chi connectivity index (χ0n) is 8.99. The van der Waals surface area contributed by atoms with Gasteiger partial charge in [-0.1, -0.05) is 0 Å². The highest BCUT2D eigenvalue weighted by atomic mass is 16.7. The Hall–Kier alpha value is -1.51. The highest BCUT2D eigenvalue weighted by Gasteiger charge is 2.51. The molecule has 0 aromatic heterocycles. The molecule has 0 radical (unpaired) electrons. The van der Waals surface area contributed by atoms with Crippen molar-refractivity contribution in [3.05, 3.63) is 0 Å². The number of carbonyl (C=O) groups excluding carboxylic acids is 2. The fourth-order valence-corrected chi connectivity index (χ4v) is 1.64. The first-order valence-corrected chi connectivity index (χ1v) is 4.84. The molecule has 0 spiro atoms. The maximum atomic E-state index is 10.8. The second kappa shape index (κ2) is 4.78. The lowest BCUT2D eigenvalue weighted by Gasteiger charge is -2.40. The molecule has 8 heteroatoms. The van der Waals surface area contributed by atoms with Crippen LogP contribution < -0.4 is 5.32 Å². The lowest BCUT2D eigenvalue weighted by Crippen LogP contribution is -2.63. The van der Waals surface area contributed by atoms with Gasteiger partial charge in [-0.3, -0.25) is 4.79 Å². The number of nitrogens with one attached hydrogen (secondary N) is 1. The van der Waals surface area contributed by atoms with Crippen LogP contribution in [0.15, 0.2) is 0 Å². The topological polar surface area (TPSA) is 133 Å². The number of hydrogen-bond acceptors (Lipinski definition) is 6. The van der Waals surface area contributed by atoms with Crippen LogP contribution in [0.1, 0.15) is 13.3 Å². The zero-order chi connectivity index (χ0) is 13.2. The molecule has 96 valence electrons. The Kier molecular flexibility index (Phi) is 3.81. The molecule has 1 heterocycles. The summed E-state index contributed by atoms with van der Waals surface area (Å²) in [5.74, 6) is -4.84. The van der Waals surface area contributed by atoms with E-state index in [1.165, 1.54) is 6.92 Å². The Labute approximate surface area is 96.2 Å². The molecule has 0 bridgehead atoms. The van der Waals surface area contributed by atoms with Gasteiger partial charge in [-0.25, -0.2) is 4.79 Å². The van der Waals surface area contributed by atoms with E-state index in [4.69, 9.17) is 5.11 Å². The summed E-state index contributed by atoms with van der Waals surface area (Å²) in [6, 6.07) is -1.08. The van der Waals surface area contributed by atoms with Gasteiger partial charge in [0.25, 0.3) is 5.79 Å². The van der Waals surface area contributed by atoms with E-state index in [0.717, 1.165) is 0 Å². The maximum Gasteiger partial charge on any atom is 0.364 e. The van der Waals surface area contributed by atoms with Gasteiger partial charge in [0.1, 0.15) is 6.10 Å². The van der Waals surface area contributed by atoms with Crippen molar-refractivity contribution in [2.75, 3.05) is 0 Å². The Balaban J connectivity index is 2.90. The summed E-state index contributed by atoms with van der Waals surface area (Å²) in [4.78, 5) is 32.3. The minimum absolute atomic E-state index is 0.219. The minimum atomic E-state index is -2.63. The van der Waals surface area contributed by atoms with E-state index in [0.29, 0.717) is 0 Å².